The molecule has 0 fully saturated rings. The van der Waals surface area contributed by atoms with Gasteiger partial charge in [0, 0.05) is 13.1 Å². The van der Waals surface area contributed by atoms with Crippen molar-refractivity contribution in [2.75, 3.05) is 18.4 Å². The van der Waals surface area contributed by atoms with E-state index in [1.54, 1.807) is 12.1 Å². The number of halogens is 1. The maximum Gasteiger partial charge on any atom is 0.271 e. The minimum absolute atomic E-state index is 0.0280. The first-order chi connectivity index (χ1) is 8.83. The maximum atomic E-state index is 12.1. The summed E-state index contributed by atoms with van der Waals surface area (Å²) in [5.41, 5.74) is 0.298. The van der Waals surface area contributed by atoms with Crippen LogP contribution in [0.4, 0.5) is 5.82 Å². The fraction of sp³-hybridized carbons (Fsp3) is 0.571. The smallest absolute Gasteiger partial charge is 0.271 e. The number of pyridine rings is 1. The number of hydrogen-bond acceptors (Lipinski definition) is 3. The summed E-state index contributed by atoms with van der Waals surface area (Å²) in [6.07, 6.45) is 0.996. The fourth-order valence-corrected chi connectivity index (χ4v) is 1.57. The predicted molar refractivity (Wildman–Crippen MR) is 79.8 cm³/mol. The molecule has 2 N–H and O–H groups in total. The molecule has 1 amide bonds. The van der Waals surface area contributed by atoms with E-state index in [-0.39, 0.29) is 17.0 Å². The highest BCUT2D eigenvalue weighted by atomic mass is 35.5. The molecule has 0 unspecified atom stereocenters. The highest BCUT2D eigenvalue weighted by Crippen LogP contribution is 2.17. The molecule has 4 nitrogen and oxygen atoms in total. The van der Waals surface area contributed by atoms with Gasteiger partial charge in [-0.3, -0.25) is 4.79 Å². The molecular formula is C14H22ClN3O. The molecule has 0 saturated carbocycles. The first-order valence-corrected chi connectivity index (χ1v) is 6.90. The lowest BCUT2D eigenvalue weighted by molar-refractivity contribution is 0.0934. The van der Waals surface area contributed by atoms with Gasteiger partial charge >= 0.3 is 0 Å². The van der Waals surface area contributed by atoms with Crippen LogP contribution in [0.15, 0.2) is 12.1 Å². The SMILES string of the molecule is CCCNc1ccc(Cl)c(C(=O)NCC(C)(C)C)n1. The molecular weight excluding hydrogens is 262 g/mol. The molecule has 1 heterocycles. The van der Waals surface area contributed by atoms with E-state index < -0.39 is 0 Å². The summed E-state index contributed by atoms with van der Waals surface area (Å²) < 4.78 is 0. The van der Waals surface area contributed by atoms with E-state index in [1.807, 2.05) is 0 Å². The lowest BCUT2D eigenvalue weighted by atomic mass is 9.97. The van der Waals surface area contributed by atoms with Gasteiger partial charge < -0.3 is 10.6 Å². The van der Waals surface area contributed by atoms with Gasteiger partial charge in [-0.15, -0.1) is 0 Å². The Balaban J connectivity index is 2.77. The van der Waals surface area contributed by atoms with Crippen molar-refractivity contribution in [2.24, 2.45) is 5.41 Å². The molecule has 0 aliphatic rings. The summed E-state index contributed by atoms with van der Waals surface area (Å²) in [5.74, 6) is 0.437. The number of hydrogen-bond donors (Lipinski definition) is 2. The number of rotatable bonds is 5. The molecule has 0 aliphatic carbocycles. The van der Waals surface area contributed by atoms with Crippen molar-refractivity contribution >= 4 is 23.3 Å². The van der Waals surface area contributed by atoms with Gasteiger partial charge in [-0.1, -0.05) is 39.3 Å². The maximum absolute atomic E-state index is 12.1. The van der Waals surface area contributed by atoms with E-state index in [0.717, 1.165) is 13.0 Å². The molecule has 0 aromatic carbocycles. The van der Waals surface area contributed by atoms with E-state index in [0.29, 0.717) is 17.4 Å². The molecule has 1 aromatic rings. The Hall–Kier alpha value is -1.29. The van der Waals surface area contributed by atoms with E-state index in [2.05, 4.69) is 43.3 Å². The normalized spacial score (nSPS) is 11.2. The monoisotopic (exact) mass is 283 g/mol. The molecule has 0 spiro atoms. The summed E-state index contributed by atoms with van der Waals surface area (Å²) in [7, 11) is 0. The molecule has 1 aromatic heterocycles. The summed E-state index contributed by atoms with van der Waals surface area (Å²) in [6, 6.07) is 3.47. The number of nitrogens with one attached hydrogen (secondary N) is 2. The van der Waals surface area contributed by atoms with Gasteiger partial charge in [0.15, 0.2) is 0 Å². The van der Waals surface area contributed by atoms with E-state index >= 15 is 0 Å². The molecule has 0 aliphatic heterocycles. The number of aromatic nitrogens is 1. The van der Waals surface area contributed by atoms with Crippen LogP contribution >= 0.6 is 11.6 Å². The largest absolute Gasteiger partial charge is 0.370 e. The van der Waals surface area contributed by atoms with Gasteiger partial charge in [-0.2, -0.15) is 0 Å². The number of anilines is 1. The average molecular weight is 284 g/mol. The number of nitrogens with zero attached hydrogens (tertiary/aromatic N) is 1. The Morgan fingerprint density at radius 1 is 1.37 bits per heavy atom. The van der Waals surface area contributed by atoms with Crippen molar-refractivity contribution < 1.29 is 4.79 Å². The van der Waals surface area contributed by atoms with Gasteiger partial charge in [-0.05, 0) is 24.0 Å². The van der Waals surface area contributed by atoms with Crippen LogP contribution in [0.25, 0.3) is 0 Å². The molecule has 1 rings (SSSR count). The second-order valence-corrected chi connectivity index (χ2v) is 6.10. The quantitative estimate of drug-likeness (QED) is 0.871. The first kappa shape index (κ1) is 15.8. The van der Waals surface area contributed by atoms with Crippen molar-refractivity contribution in [3.63, 3.8) is 0 Å². The Morgan fingerprint density at radius 3 is 2.63 bits per heavy atom. The summed E-state index contributed by atoms with van der Waals surface area (Å²) >= 11 is 6.02. The van der Waals surface area contributed by atoms with Crippen LogP contribution in [-0.2, 0) is 0 Å². The van der Waals surface area contributed by atoms with Crippen molar-refractivity contribution in [1.29, 1.82) is 0 Å². The second-order valence-electron chi connectivity index (χ2n) is 5.70. The van der Waals surface area contributed by atoms with Crippen LogP contribution < -0.4 is 10.6 Å². The van der Waals surface area contributed by atoms with E-state index in [4.69, 9.17) is 11.6 Å². The summed E-state index contributed by atoms with van der Waals surface area (Å²) in [5, 5.41) is 6.36. The molecule has 0 atom stereocenters. The highest BCUT2D eigenvalue weighted by molar-refractivity contribution is 6.33. The Kier molecular flexibility index (Phi) is 5.60. The Morgan fingerprint density at radius 2 is 2.05 bits per heavy atom. The third kappa shape index (κ3) is 5.47. The third-order valence-corrected chi connectivity index (χ3v) is 2.70. The fourth-order valence-electron chi connectivity index (χ4n) is 1.38. The van der Waals surface area contributed by atoms with Gasteiger partial charge in [0.25, 0.3) is 5.91 Å². The molecule has 19 heavy (non-hydrogen) atoms. The van der Waals surface area contributed by atoms with Crippen LogP contribution in [0.5, 0.6) is 0 Å². The van der Waals surface area contributed by atoms with Crippen molar-refractivity contribution in [2.45, 2.75) is 34.1 Å². The first-order valence-electron chi connectivity index (χ1n) is 6.52. The van der Waals surface area contributed by atoms with Crippen molar-refractivity contribution in [1.82, 2.24) is 10.3 Å². The number of carbonyl (C=O) groups excluding carboxylic acids is 1. The zero-order chi connectivity index (χ0) is 14.5. The van der Waals surface area contributed by atoms with Crippen LogP contribution in [0.2, 0.25) is 5.02 Å². The van der Waals surface area contributed by atoms with Crippen LogP contribution in [0, 0.1) is 5.41 Å². The summed E-state index contributed by atoms with van der Waals surface area (Å²) in [4.78, 5) is 16.3. The van der Waals surface area contributed by atoms with E-state index in [9.17, 15) is 4.79 Å². The lowest BCUT2D eigenvalue weighted by Gasteiger charge is -2.18. The molecule has 0 radical (unpaired) electrons. The average Bonchev–Trinajstić information content (AvgIpc) is 2.34. The number of amides is 1. The minimum Gasteiger partial charge on any atom is -0.370 e. The predicted octanol–water partition coefficient (Wildman–Crippen LogP) is 3.33. The Labute approximate surface area is 120 Å². The lowest BCUT2D eigenvalue weighted by Crippen LogP contribution is -2.33. The number of carbonyl (C=O) groups is 1. The summed E-state index contributed by atoms with van der Waals surface area (Å²) in [6.45, 7) is 9.64. The van der Waals surface area contributed by atoms with Gasteiger partial charge in [0.2, 0.25) is 0 Å². The minimum atomic E-state index is -0.236. The zero-order valence-corrected chi connectivity index (χ0v) is 12.8. The second kappa shape index (κ2) is 6.75. The topological polar surface area (TPSA) is 54.0 Å². The Bertz CT molecular complexity index is 441. The highest BCUT2D eigenvalue weighted by Gasteiger charge is 2.16. The molecule has 5 heteroatoms. The van der Waals surface area contributed by atoms with Crippen LogP contribution in [-0.4, -0.2) is 24.0 Å². The molecule has 0 bridgehead atoms. The van der Waals surface area contributed by atoms with Gasteiger partial charge in [0.1, 0.15) is 11.5 Å². The van der Waals surface area contributed by atoms with Crippen molar-refractivity contribution in [3.05, 3.63) is 22.8 Å². The third-order valence-electron chi connectivity index (χ3n) is 2.40. The zero-order valence-electron chi connectivity index (χ0n) is 12.0. The van der Waals surface area contributed by atoms with E-state index in [1.165, 1.54) is 0 Å². The molecule has 106 valence electrons. The van der Waals surface area contributed by atoms with Crippen LogP contribution in [0.1, 0.15) is 44.6 Å². The standard InChI is InChI=1S/C14H22ClN3O/c1-5-8-16-11-7-6-10(15)12(18-11)13(19)17-9-14(2,3)4/h6-7H,5,8-9H2,1-4H3,(H,16,18)(H,17,19). The molecule has 0 saturated heterocycles. The van der Waals surface area contributed by atoms with Crippen LogP contribution in [0.3, 0.4) is 0 Å². The van der Waals surface area contributed by atoms with Gasteiger partial charge in [-0.25, -0.2) is 4.98 Å². The van der Waals surface area contributed by atoms with Crippen molar-refractivity contribution in [3.8, 4) is 0 Å². The van der Waals surface area contributed by atoms with Gasteiger partial charge in [0.05, 0.1) is 5.02 Å².